The lowest BCUT2D eigenvalue weighted by molar-refractivity contribution is -0.154. The molecule has 0 radical (unpaired) electrons. The monoisotopic (exact) mass is 396 g/mol. The third-order valence-electron chi connectivity index (χ3n) is 4.00. The highest BCUT2D eigenvalue weighted by Crippen LogP contribution is 2.39. The van der Waals surface area contributed by atoms with Crippen molar-refractivity contribution < 1.29 is 31.5 Å². The Balaban J connectivity index is 2.25. The summed E-state index contributed by atoms with van der Waals surface area (Å²) in [5, 5.41) is -0.0644. The Morgan fingerprint density at radius 2 is 1.75 bits per heavy atom. The van der Waals surface area contributed by atoms with Crippen LogP contribution in [0, 0.1) is 5.82 Å². The van der Waals surface area contributed by atoms with Gasteiger partial charge in [-0.3, -0.25) is 4.79 Å². The second kappa shape index (κ2) is 7.53. The van der Waals surface area contributed by atoms with Gasteiger partial charge in [0.2, 0.25) is 11.2 Å². The Kier molecular flexibility index (Phi) is 5.31. The Morgan fingerprint density at radius 1 is 1.07 bits per heavy atom. The SMILES string of the molecule is CCOc1cc2oc(C(F)(F)F)c(Oc3ccc(F)cc3)c(=O)c2cc1CC. The number of hydrogen-bond donors (Lipinski definition) is 0. The summed E-state index contributed by atoms with van der Waals surface area (Å²) >= 11 is 0. The molecular weight excluding hydrogens is 380 g/mol. The number of aryl methyl sites for hydroxylation is 1. The third-order valence-corrected chi connectivity index (χ3v) is 4.00. The molecule has 0 amide bonds. The minimum atomic E-state index is -4.97. The molecule has 3 rings (SSSR count). The summed E-state index contributed by atoms with van der Waals surface area (Å²) in [5.41, 5.74) is -0.589. The first-order valence-electron chi connectivity index (χ1n) is 8.51. The number of alkyl halides is 3. The molecule has 0 fully saturated rings. The second-order valence-corrected chi connectivity index (χ2v) is 5.89. The number of benzene rings is 2. The number of rotatable bonds is 5. The molecule has 0 atom stereocenters. The van der Waals surface area contributed by atoms with E-state index in [0.29, 0.717) is 24.3 Å². The largest absolute Gasteiger partial charge is 0.493 e. The van der Waals surface area contributed by atoms with Gasteiger partial charge in [-0.1, -0.05) is 6.92 Å². The van der Waals surface area contributed by atoms with Crippen molar-refractivity contribution in [2.75, 3.05) is 6.61 Å². The fourth-order valence-corrected chi connectivity index (χ4v) is 2.72. The van der Waals surface area contributed by atoms with Crippen LogP contribution in [0.25, 0.3) is 11.0 Å². The highest BCUT2D eigenvalue weighted by atomic mass is 19.4. The molecule has 0 aliphatic rings. The lowest BCUT2D eigenvalue weighted by atomic mass is 10.1. The molecule has 2 aromatic carbocycles. The minimum absolute atomic E-state index is 0.0644. The van der Waals surface area contributed by atoms with Crippen LogP contribution in [0.1, 0.15) is 25.2 Å². The zero-order chi connectivity index (χ0) is 20.5. The van der Waals surface area contributed by atoms with Gasteiger partial charge in [0.25, 0.3) is 5.76 Å². The zero-order valence-corrected chi connectivity index (χ0v) is 15.0. The van der Waals surface area contributed by atoms with E-state index in [-0.39, 0.29) is 16.7 Å². The molecule has 0 spiro atoms. The fourth-order valence-electron chi connectivity index (χ4n) is 2.72. The summed E-state index contributed by atoms with van der Waals surface area (Å²) < 4.78 is 69.2. The summed E-state index contributed by atoms with van der Waals surface area (Å²) in [4.78, 5) is 12.8. The summed E-state index contributed by atoms with van der Waals surface area (Å²) in [6, 6.07) is 6.97. The topological polar surface area (TPSA) is 48.7 Å². The van der Waals surface area contributed by atoms with Gasteiger partial charge in [-0.2, -0.15) is 13.2 Å². The van der Waals surface area contributed by atoms with E-state index in [9.17, 15) is 22.4 Å². The van der Waals surface area contributed by atoms with Crippen molar-refractivity contribution in [3.63, 3.8) is 0 Å². The fraction of sp³-hybridized carbons (Fsp3) is 0.250. The third kappa shape index (κ3) is 3.81. The van der Waals surface area contributed by atoms with Gasteiger partial charge < -0.3 is 13.9 Å². The van der Waals surface area contributed by atoms with Crippen molar-refractivity contribution in [3.8, 4) is 17.2 Å². The van der Waals surface area contributed by atoms with Gasteiger partial charge in [0, 0.05) is 6.07 Å². The molecule has 28 heavy (non-hydrogen) atoms. The molecule has 3 aromatic rings. The summed E-state index contributed by atoms with van der Waals surface area (Å²) in [5.74, 6) is -2.94. The minimum Gasteiger partial charge on any atom is -0.493 e. The molecule has 0 unspecified atom stereocenters. The van der Waals surface area contributed by atoms with Crippen molar-refractivity contribution in [2.45, 2.75) is 26.4 Å². The Bertz CT molecular complexity index is 1050. The Morgan fingerprint density at radius 3 is 2.32 bits per heavy atom. The maximum atomic E-state index is 13.5. The van der Waals surface area contributed by atoms with E-state index in [2.05, 4.69) is 0 Å². The number of ether oxygens (including phenoxy) is 2. The van der Waals surface area contributed by atoms with Crippen LogP contribution < -0.4 is 14.9 Å². The predicted molar refractivity (Wildman–Crippen MR) is 94.5 cm³/mol. The van der Waals surface area contributed by atoms with Crippen LogP contribution >= 0.6 is 0 Å². The van der Waals surface area contributed by atoms with Crippen molar-refractivity contribution in [3.05, 3.63) is 63.8 Å². The second-order valence-electron chi connectivity index (χ2n) is 5.89. The van der Waals surface area contributed by atoms with Gasteiger partial charge >= 0.3 is 6.18 Å². The molecule has 0 aliphatic heterocycles. The number of hydrogen-bond acceptors (Lipinski definition) is 4. The molecule has 1 aromatic heterocycles. The average Bonchev–Trinajstić information content (AvgIpc) is 2.64. The molecule has 4 nitrogen and oxygen atoms in total. The number of fused-ring (bicyclic) bond motifs is 1. The van der Waals surface area contributed by atoms with Crippen LogP contribution in [0.15, 0.2) is 45.6 Å². The quantitative estimate of drug-likeness (QED) is 0.519. The first-order chi connectivity index (χ1) is 13.2. The Hall–Kier alpha value is -3.03. The standard InChI is InChI=1S/C20H16F4O4/c1-3-11-9-14-16(10-15(11)26-4-2)28-19(20(22,23)24)18(17(14)25)27-13-7-5-12(21)6-8-13/h5-10H,3-4H2,1-2H3. The van der Waals surface area contributed by atoms with Crippen LogP contribution in [0.2, 0.25) is 0 Å². The van der Waals surface area contributed by atoms with E-state index in [0.717, 1.165) is 24.3 Å². The lowest BCUT2D eigenvalue weighted by Crippen LogP contribution is -2.16. The molecule has 0 saturated heterocycles. The van der Waals surface area contributed by atoms with E-state index in [1.54, 1.807) is 6.92 Å². The van der Waals surface area contributed by atoms with Crippen molar-refractivity contribution in [1.29, 1.82) is 0 Å². The van der Waals surface area contributed by atoms with E-state index >= 15 is 0 Å². The van der Waals surface area contributed by atoms with Crippen molar-refractivity contribution in [1.82, 2.24) is 0 Å². The van der Waals surface area contributed by atoms with Crippen molar-refractivity contribution >= 4 is 11.0 Å². The number of halogens is 4. The predicted octanol–water partition coefficient (Wildman–Crippen LogP) is 5.70. The molecule has 148 valence electrons. The maximum Gasteiger partial charge on any atom is 0.453 e. The van der Waals surface area contributed by atoms with Crippen LogP contribution in [0.3, 0.4) is 0 Å². The summed E-state index contributed by atoms with van der Waals surface area (Å²) in [6.07, 6.45) is -4.47. The van der Waals surface area contributed by atoms with Gasteiger partial charge in [-0.25, -0.2) is 4.39 Å². The molecular formula is C20H16F4O4. The smallest absolute Gasteiger partial charge is 0.453 e. The van der Waals surface area contributed by atoms with Crippen LogP contribution in [-0.4, -0.2) is 6.61 Å². The van der Waals surface area contributed by atoms with Gasteiger partial charge in [0.15, 0.2) is 0 Å². The molecule has 0 saturated carbocycles. The van der Waals surface area contributed by atoms with Crippen LogP contribution in [-0.2, 0) is 12.6 Å². The normalized spacial score (nSPS) is 11.6. The Labute approximate surface area is 157 Å². The van der Waals surface area contributed by atoms with E-state index < -0.39 is 28.9 Å². The molecule has 8 heteroatoms. The molecule has 1 heterocycles. The molecule has 0 bridgehead atoms. The van der Waals surface area contributed by atoms with Gasteiger partial charge in [0.1, 0.15) is 22.9 Å². The first-order valence-corrected chi connectivity index (χ1v) is 8.51. The van der Waals surface area contributed by atoms with E-state index in [1.807, 2.05) is 6.92 Å². The molecule has 0 aliphatic carbocycles. The van der Waals surface area contributed by atoms with Gasteiger partial charge in [-0.05, 0) is 49.2 Å². The first kappa shape index (κ1) is 19.7. The van der Waals surface area contributed by atoms with Crippen LogP contribution in [0.5, 0.6) is 17.2 Å². The van der Waals surface area contributed by atoms with E-state index in [1.165, 1.54) is 12.1 Å². The maximum absolute atomic E-state index is 13.5. The summed E-state index contributed by atoms with van der Waals surface area (Å²) in [7, 11) is 0. The van der Waals surface area contributed by atoms with Crippen LogP contribution in [0.4, 0.5) is 17.6 Å². The van der Waals surface area contributed by atoms with Gasteiger partial charge in [0.05, 0.1) is 12.0 Å². The van der Waals surface area contributed by atoms with E-state index in [4.69, 9.17) is 13.9 Å². The summed E-state index contributed by atoms with van der Waals surface area (Å²) in [6.45, 7) is 3.87. The highest BCUT2D eigenvalue weighted by molar-refractivity contribution is 5.81. The van der Waals surface area contributed by atoms with Gasteiger partial charge in [-0.15, -0.1) is 0 Å². The van der Waals surface area contributed by atoms with Crippen molar-refractivity contribution in [2.24, 2.45) is 0 Å². The zero-order valence-electron chi connectivity index (χ0n) is 15.0. The molecule has 0 N–H and O–H groups in total. The highest BCUT2D eigenvalue weighted by Gasteiger charge is 2.40. The lowest BCUT2D eigenvalue weighted by Gasteiger charge is -2.15. The average molecular weight is 396 g/mol.